The van der Waals surface area contributed by atoms with E-state index < -0.39 is 0 Å². The van der Waals surface area contributed by atoms with Crippen molar-refractivity contribution in [2.45, 2.75) is 33.4 Å². The van der Waals surface area contributed by atoms with Crippen LogP contribution in [0.4, 0.5) is 0 Å². The molecule has 1 unspecified atom stereocenters. The molecule has 0 radical (unpaired) electrons. The fourth-order valence-electron chi connectivity index (χ4n) is 2.27. The molecule has 0 aliphatic rings. The van der Waals surface area contributed by atoms with Crippen LogP contribution in [0.3, 0.4) is 0 Å². The van der Waals surface area contributed by atoms with Crippen molar-refractivity contribution in [3.05, 3.63) is 40.9 Å². The number of thiazole rings is 1. The SMILES string of the molecule is CCNC(=NCc1sc(-c2ccccc2)nc1C)NC(C)COC.I. The van der Waals surface area contributed by atoms with E-state index in [0.717, 1.165) is 28.8 Å². The van der Waals surface area contributed by atoms with Crippen LogP contribution in [0.5, 0.6) is 0 Å². The Hall–Kier alpha value is -1.19. The average molecular weight is 474 g/mol. The van der Waals surface area contributed by atoms with Gasteiger partial charge in [-0.05, 0) is 20.8 Å². The van der Waals surface area contributed by atoms with Gasteiger partial charge in [-0.25, -0.2) is 9.98 Å². The molecule has 2 aromatic rings. The average Bonchev–Trinajstić information content (AvgIpc) is 2.95. The molecule has 0 fully saturated rings. The van der Waals surface area contributed by atoms with Crippen LogP contribution in [0.25, 0.3) is 10.6 Å². The van der Waals surface area contributed by atoms with Crippen LogP contribution in [-0.2, 0) is 11.3 Å². The molecule has 5 nitrogen and oxygen atoms in total. The number of aromatic nitrogens is 1. The molecule has 1 aromatic carbocycles. The minimum atomic E-state index is 0. The van der Waals surface area contributed by atoms with E-state index in [1.807, 2.05) is 25.1 Å². The van der Waals surface area contributed by atoms with E-state index in [0.29, 0.717) is 13.2 Å². The predicted octanol–water partition coefficient (Wildman–Crippen LogP) is 3.83. The van der Waals surface area contributed by atoms with Crippen molar-refractivity contribution in [2.24, 2.45) is 4.99 Å². The Balaban J connectivity index is 0.00000312. The van der Waals surface area contributed by atoms with Crippen LogP contribution in [-0.4, -0.2) is 37.2 Å². The molecule has 2 rings (SSSR count). The van der Waals surface area contributed by atoms with Crippen LogP contribution >= 0.6 is 35.3 Å². The summed E-state index contributed by atoms with van der Waals surface area (Å²) in [5, 5.41) is 7.66. The Morgan fingerprint density at radius 1 is 1.32 bits per heavy atom. The maximum Gasteiger partial charge on any atom is 0.191 e. The molecule has 2 N–H and O–H groups in total. The van der Waals surface area contributed by atoms with Crippen molar-refractivity contribution in [2.75, 3.05) is 20.3 Å². The number of guanidine groups is 1. The lowest BCUT2D eigenvalue weighted by Gasteiger charge is -2.16. The van der Waals surface area contributed by atoms with E-state index >= 15 is 0 Å². The molecule has 7 heteroatoms. The van der Waals surface area contributed by atoms with E-state index in [-0.39, 0.29) is 30.0 Å². The Morgan fingerprint density at radius 2 is 2.04 bits per heavy atom. The van der Waals surface area contributed by atoms with Crippen LogP contribution in [0.1, 0.15) is 24.4 Å². The van der Waals surface area contributed by atoms with Gasteiger partial charge in [-0.1, -0.05) is 30.3 Å². The smallest absolute Gasteiger partial charge is 0.191 e. The first-order chi connectivity index (χ1) is 11.6. The normalized spacial score (nSPS) is 12.4. The lowest BCUT2D eigenvalue weighted by molar-refractivity contribution is 0.179. The zero-order valence-corrected chi connectivity index (χ0v) is 18.4. The molecule has 0 aliphatic carbocycles. The summed E-state index contributed by atoms with van der Waals surface area (Å²) in [5.74, 6) is 0.802. The second kappa shape index (κ2) is 11.4. The molecule has 0 saturated carbocycles. The van der Waals surface area contributed by atoms with Crippen molar-refractivity contribution in [3.8, 4) is 10.6 Å². The number of rotatable bonds is 7. The number of hydrogen-bond donors (Lipinski definition) is 2. The number of aryl methyl sites for hydroxylation is 1. The maximum absolute atomic E-state index is 5.16. The van der Waals surface area contributed by atoms with Crippen LogP contribution in [0.2, 0.25) is 0 Å². The Morgan fingerprint density at radius 3 is 2.68 bits per heavy atom. The second-order valence-electron chi connectivity index (χ2n) is 5.59. The largest absolute Gasteiger partial charge is 0.383 e. The first-order valence-electron chi connectivity index (χ1n) is 8.19. The van der Waals surface area contributed by atoms with Gasteiger partial charge in [0.15, 0.2) is 5.96 Å². The zero-order chi connectivity index (χ0) is 17.4. The molecule has 0 amide bonds. The number of hydrogen-bond acceptors (Lipinski definition) is 4. The Bertz CT molecular complexity index is 660. The van der Waals surface area contributed by atoms with Gasteiger partial charge < -0.3 is 15.4 Å². The molecule has 0 bridgehead atoms. The van der Waals surface area contributed by atoms with Crippen molar-refractivity contribution in [3.63, 3.8) is 0 Å². The highest BCUT2D eigenvalue weighted by atomic mass is 127. The number of halogens is 1. The molecule has 138 valence electrons. The first kappa shape index (κ1) is 21.9. The summed E-state index contributed by atoms with van der Waals surface area (Å²) in [6.07, 6.45) is 0. The summed E-state index contributed by atoms with van der Waals surface area (Å²) in [6.45, 7) is 8.25. The lowest BCUT2D eigenvalue weighted by Crippen LogP contribution is -2.43. The van der Waals surface area contributed by atoms with E-state index in [1.165, 1.54) is 4.88 Å². The molecule has 1 atom stereocenters. The molecule has 0 saturated heterocycles. The minimum Gasteiger partial charge on any atom is -0.383 e. The van der Waals surface area contributed by atoms with E-state index in [4.69, 9.17) is 4.74 Å². The fourth-order valence-corrected chi connectivity index (χ4v) is 3.27. The minimum absolute atomic E-state index is 0. The van der Waals surface area contributed by atoms with Gasteiger partial charge >= 0.3 is 0 Å². The van der Waals surface area contributed by atoms with Gasteiger partial charge in [-0.2, -0.15) is 0 Å². The third kappa shape index (κ3) is 6.91. The third-order valence-electron chi connectivity index (χ3n) is 3.44. The first-order valence-corrected chi connectivity index (χ1v) is 9.01. The van der Waals surface area contributed by atoms with Gasteiger partial charge in [0.25, 0.3) is 0 Å². The molecule has 1 heterocycles. The van der Waals surface area contributed by atoms with E-state index in [1.54, 1.807) is 18.4 Å². The van der Waals surface area contributed by atoms with Crippen molar-refractivity contribution in [1.29, 1.82) is 0 Å². The topological polar surface area (TPSA) is 58.5 Å². The van der Waals surface area contributed by atoms with Crippen LogP contribution in [0, 0.1) is 6.92 Å². The number of nitrogens with one attached hydrogen (secondary N) is 2. The summed E-state index contributed by atoms with van der Waals surface area (Å²) >= 11 is 1.70. The maximum atomic E-state index is 5.16. The van der Waals surface area contributed by atoms with Gasteiger partial charge in [0.05, 0.1) is 18.8 Å². The fraction of sp³-hybridized carbons (Fsp3) is 0.444. The number of benzene rings is 1. The highest BCUT2D eigenvalue weighted by Gasteiger charge is 2.10. The number of ether oxygens (including phenoxy) is 1. The molecular weight excluding hydrogens is 447 g/mol. The van der Waals surface area contributed by atoms with Crippen molar-refractivity contribution in [1.82, 2.24) is 15.6 Å². The van der Waals surface area contributed by atoms with E-state index in [9.17, 15) is 0 Å². The quantitative estimate of drug-likeness (QED) is 0.364. The Labute approximate surface area is 171 Å². The number of aliphatic imine (C=N–C) groups is 1. The summed E-state index contributed by atoms with van der Waals surface area (Å²) in [6, 6.07) is 10.5. The molecule has 25 heavy (non-hydrogen) atoms. The van der Waals surface area contributed by atoms with Gasteiger partial charge in [-0.15, -0.1) is 35.3 Å². The predicted molar refractivity (Wildman–Crippen MR) is 117 cm³/mol. The molecule has 0 spiro atoms. The highest BCUT2D eigenvalue weighted by Crippen LogP contribution is 2.28. The third-order valence-corrected chi connectivity index (χ3v) is 4.63. The van der Waals surface area contributed by atoms with Gasteiger partial charge in [0.1, 0.15) is 5.01 Å². The monoisotopic (exact) mass is 474 g/mol. The summed E-state index contributed by atoms with van der Waals surface area (Å²) in [5.41, 5.74) is 2.20. The molecule has 1 aromatic heterocycles. The van der Waals surface area contributed by atoms with Crippen molar-refractivity contribution < 1.29 is 4.74 Å². The summed E-state index contributed by atoms with van der Waals surface area (Å²) in [7, 11) is 1.70. The molecule has 0 aliphatic heterocycles. The molecular formula is C18H27IN4OS. The van der Waals surface area contributed by atoms with Crippen molar-refractivity contribution >= 4 is 41.3 Å². The summed E-state index contributed by atoms with van der Waals surface area (Å²) in [4.78, 5) is 10.6. The van der Waals surface area contributed by atoms with Crippen LogP contribution in [0.15, 0.2) is 35.3 Å². The van der Waals surface area contributed by atoms with Gasteiger partial charge in [0, 0.05) is 30.1 Å². The van der Waals surface area contributed by atoms with E-state index in [2.05, 4.69) is 46.6 Å². The van der Waals surface area contributed by atoms with Gasteiger partial charge in [-0.3, -0.25) is 0 Å². The number of nitrogens with zero attached hydrogens (tertiary/aromatic N) is 2. The Kier molecular flexibility index (Phi) is 9.99. The lowest BCUT2D eigenvalue weighted by atomic mass is 10.2. The summed E-state index contributed by atoms with van der Waals surface area (Å²) < 4.78 is 5.16. The standard InChI is InChI=1S/C18H26N4OS.HI/c1-5-19-18(21-13(2)12-23-4)20-11-16-14(3)22-17(24-16)15-9-7-6-8-10-15;/h6-10,13H,5,11-12H2,1-4H3,(H2,19,20,21);1H. The number of methoxy groups -OCH3 is 1. The highest BCUT2D eigenvalue weighted by molar-refractivity contribution is 14.0. The zero-order valence-electron chi connectivity index (χ0n) is 15.2. The second-order valence-corrected chi connectivity index (χ2v) is 6.67. The van der Waals surface area contributed by atoms with Gasteiger partial charge in [0.2, 0.25) is 0 Å². The van der Waals surface area contributed by atoms with Crippen LogP contribution < -0.4 is 10.6 Å².